The van der Waals surface area contributed by atoms with Gasteiger partial charge in [0.2, 0.25) is 0 Å². The van der Waals surface area contributed by atoms with Gasteiger partial charge in [-0.2, -0.15) is 5.10 Å². The number of nitrogens with zero attached hydrogens (tertiary/aromatic N) is 2. The van der Waals surface area contributed by atoms with E-state index in [0.29, 0.717) is 18.5 Å². The molecule has 0 aliphatic heterocycles. The van der Waals surface area contributed by atoms with Crippen LogP contribution in [0.1, 0.15) is 44.2 Å². The molecule has 2 rings (SSSR count). The molecule has 0 atom stereocenters. The number of aliphatic carboxylic acids is 1. The zero-order valence-electron chi connectivity index (χ0n) is 12.5. The fraction of sp³-hybridized carbons (Fsp3) is 0.643. The van der Waals surface area contributed by atoms with Crippen LogP contribution in [-0.4, -0.2) is 32.4 Å². The SMILES string of the molecule is Cc1nn(C)cc1NC(=O)NC1(CC(=O)O)CCCCC1. The van der Waals surface area contributed by atoms with Crippen molar-refractivity contribution in [2.75, 3.05) is 5.32 Å². The predicted octanol–water partition coefficient (Wildman–Crippen LogP) is 2.03. The lowest BCUT2D eigenvalue weighted by molar-refractivity contribution is -0.138. The second-order valence-electron chi connectivity index (χ2n) is 5.79. The summed E-state index contributed by atoms with van der Waals surface area (Å²) >= 11 is 0. The lowest BCUT2D eigenvalue weighted by Crippen LogP contribution is -2.52. The van der Waals surface area contributed by atoms with Crippen LogP contribution in [0.3, 0.4) is 0 Å². The van der Waals surface area contributed by atoms with Crippen LogP contribution >= 0.6 is 0 Å². The summed E-state index contributed by atoms with van der Waals surface area (Å²) in [7, 11) is 1.78. The van der Waals surface area contributed by atoms with Gasteiger partial charge < -0.3 is 15.7 Å². The van der Waals surface area contributed by atoms with E-state index in [1.165, 1.54) is 0 Å². The standard InChI is InChI=1S/C14H22N4O3/c1-10-11(9-18(2)17-10)15-13(21)16-14(8-12(19)20)6-4-3-5-7-14/h9H,3-8H2,1-2H3,(H,19,20)(H2,15,16,21). The van der Waals surface area contributed by atoms with Crippen molar-refractivity contribution in [3.63, 3.8) is 0 Å². The van der Waals surface area contributed by atoms with E-state index in [0.717, 1.165) is 25.0 Å². The minimum absolute atomic E-state index is 0.0353. The Morgan fingerprint density at radius 1 is 1.38 bits per heavy atom. The molecule has 1 heterocycles. The third kappa shape index (κ3) is 3.96. The van der Waals surface area contributed by atoms with Crippen molar-refractivity contribution in [3.8, 4) is 0 Å². The van der Waals surface area contributed by atoms with Crippen molar-refractivity contribution in [2.24, 2.45) is 7.05 Å². The van der Waals surface area contributed by atoms with Crippen LogP contribution in [0.4, 0.5) is 10.5 Å². The summed E-state index contributed by atoms with van der Waals surface area (Å²) in [4.78, 5) is 23.3. The number of carboxylic acids is 1. The average molecular weight is 294 g/mol. The van der Waals surface area contributed by atoms with Crippen molar-refractivity contribution in [1.29, 1.82) is 0 Å². The van der Waals surface area contributed by atoms with Crippen molar-refractivity contribution < 1.29 is 14.7 Å². The van der Waals surface area contributed by atoms with Crippen molar-refractivity contribution >= 4 is 17.7 Å². The molecule has 1 aliphatic rings. The van der Waals surface area contributed by atoms with E-state index in [-0.39, 0.29) is 12.5 Å². The Morgan fingerprint density at radius 2 is 2.05 bits per heavy atom. The topological polar surface area (TPSA) is 96.3 Å². The highest BCUT2D eigenvalue weighted by Gasteiger charge is 2.36. The highest BCUT2D eigenvalue weighted by atomic mass is 16.4. The molecule has 2 amide bonds. The van der Waals surface area contributed by atoms with E-state index in [1.54, 1.807) is 17.9 Å². The number of carboxylic acid groups (broad SMARTS) is 1. The first-order valence-electron chi connectivity index (χ1n) is 7.21. The predicted molar refractivity (Wildman–Crippen MR) is 78.2 cm³/mol. The van der Waals surface area contributed by atoms with Gasteiger partial charge in [0.15, 0.2) is 0 Å². The number of hydrogen-bond acceptors (Lipinski definition) is 3. The Labute approximate surface area is 123 Å². The number of rotatable bonds is 4. The molecule has 0 aromatic carbocycles. The fourth-order valence-electron chi connectivity index (χ4n) is 2.98. The molecule has 1 aromatic heterocycles. The van der Waals surface area contributed by atoms with E-state index in [9.17, 15) is 9.59 Å². The van der Waals surface area contributed by atoms with Crippen molar-refractivity contribution in [1.82, 2.24) is 15.1 Å². The van der Waals surface area contributed by atoms with Crippen LogP contribution in [0.5, 0.6) is 0 Å². The lowest BCUT2D eigenvalue weighted by Gasteiger charge is -2.36. The molecule has 21 heavy (non-hydrogen) atoms. The Kier molecular flexibility index (Phi) is 4.50. The van der Waals surface area contributed by atoms with Gasteiger partial charge in [-0.3, -0.25) is 9.48 Å². The normalized spacial score (nSPS) is 17.2. The number of hydrogen-bond donors (Lipinski definition) is 3. The van der Waals surface area contributed by atoms with Crippen molar-refractivity contribution in [3.05, 3.63) is 11.9 Å². The van der Waals surface area contributed by atoms with Crippen LogP contribution in [0.2, 0.25) is 0 Å². The zero-order chi connectivity index (χ0) is 15.5. The molecule has 0 radical (unpaired) electrons. The molecule has 116 valence electrons. The van der Waals surface area contributed by atoms with Gasteiger partial charge in [0, 0.05) is 13.2 Å². The molecule has 0 unspecified atom stereocenters. The van der Waals surface area contributed by atoms with Gasteiger partial charge in [-0.25, -0.2) is 4.79 Å². The maximum atomic E-state index is 12.2. The quantitative estimate of drug-likeness (QED) is 0.791. The number of urea groups is 1. The summed E-state index contributed by atoms with van der Waals surface area (Å²) < 4.78 is 1.62. The van der Waals surface area contributed by atoms with E-state index < -0.39 is 11.5 Å². The number of carbonyl (C=O) groups is 2. The Hall–Kier alpha value is -2.05. The first-order chi connectivity index (χ1) is 9.90. The summed E-state index contributed by atoms with van der Waals surface area (Å²) in [6.45, 7) is 1.81. The summed E-state index contributed by atoms with van der Waals surface area (Å²) in [6, 6.07) is -0.366. The molecule has 1 fully saturated rings. The average Bonchev–Trinajstić information content (AvgIpc) is 2.67. The lowest BCUT2D eigenvalue weighted by atomic mass is 9.79. The first kappa shape index (κ1) is 15.3. The smallest absolute Gasteiger partial charge is 0.319 e. The molecule has 1 saturated carbocycles. The van der Waals surface area contributed by atoms with Crippen molar-refractivity contribution in [2.45, 2.75) is 51.0 Å². The Balaban J connectivity index is 2.04. The largest absolute Gasteiger partial charge is 0.481 e. The van der Waals surface area contributed by atoms with Gasteiger partial charge in [-0.05, 0) is 19.8 Å². The maximum Gasteiger partial charge on any atom is 0.319 e. The summed E-state index contributed by atoms with van der Waals surface area (Å²) in [5, 5.41) is 18.9. The molecule has 0 spiro atoms. The summed E-state index contributed by atoms with van der Waals surface area (Å²) in [6.07, 6.45) is 6.08. The molecule has 0 bridgehead atoms. The molecule has 1 aromatic rings. The second-order valence-corrected chi connectivity index (χ2v) is 5.79. The summed E-state index contributed by atoms with van der Waals surface area (Å²) in [5.41, 5.74) is 0.726. The molecule has 1 aliphatic carbocycles. The highest BCUT2D eigenvalue weighted by molar-refractivity contribution is 5.90. The van der Waals surface area contributed by atoms with E-state index in [2.05, 4.69) is 15.7 Å². The highest BCUT2D eigenvalue weighted by Crippen LogP contribution is 2.31. The number of amides is 2. The van der Waals surface area contributed by atoms with Crippen LogP contribution in [0.25, 0.3) is 0 Å². The van der Waals surface area contributed by atoms with E-state index in [1.807, 2.05) is 6.92 Å². The minimum Gasteiger partial charge on any atom is -0.481 e. The number of nitrogens with one attached hydrogen (secondary N) is 2. The van der Waals surface area contributed by atoms with Crippen LogP contribution in [0.15, 0.2) is 6.20 Å². The van der Waals surface area contributed by atoms with Crippen LogP contribution < -0.4 is 10.6 Å². The van der Waals surface area contributed by atoms with E-state index >= 15 is 0 Å². The van der Waals surface area contributed by atoms with Crippen LogP contribution in [0, 0.1) is 6.92 Å². The molecular formula is C14H22N4O3. The maximum absolute atomic E-state index is 12.2. The van der Waals surface area contributed by atoms with Gasteiger partial charge in [0.25, 0.3) is 0 Å². The van der Waals surface area contributed by atoms with Crippen LogP contribution in [-0.2, 0) is 11.8 Å². The summed E-state index contributed by atoms with van der Waals surface area (Å²) in [5.74, 6) is -0.880. The molecule has 7 nitrogen and oxygen atoms in total. The number of aryl methyl sites for hydroxylation is 2. The second kappa shape index (κ2) is 6.15. The minimum atomic E-state index is -0.880. The Bertz CT molecular complexity index is 532. The van der Waals surface area contributed by atoms with Gasteiger partial charge in [-0.15, -0.1) is 0 Å². The fourth-order valence-corrected chi connectivity index (χ4v) is 2.98. The van der Waals surface area contributed by atoms with Gasteiger partial charge in [-0.1, -0.05) is 19.3 Å². The third-order valence-electron chi connectivity index (χ3n) is 3.94. The molecular weight excluding hydrogens is 272 g/mol. The molecule has 7 heteroatoms. The number of anilines is 1. The first-order valence-corrected chi connectivity index (χ1v) is 7.21. The Morgan fingerprint density at radius 3 is 2.57 bits per heavy atom. The molecule has 0 saturated heterocycles. The van der Waals surface area contributed by atoms with Gasteiger partial charge in [0.05, 0.1) is 23.3 Å². The number of aromatic nitrogens is 2. The zero-order valence-corrected chi connectivity index (χ0v) is 12.5. The van der Waals surface area contributed by atoms with Gasteiger partial charge >= 0.3 is 12.0 Å². The monoisotopic (exact) mass is 294 g/mol. The van der Waals surface area contributed by atoms with Gasteiger partial charge in [0.1, 0.15) is 0 Å². The van der Waals surface area contributed by atoms with E-state index in [4.69, 9.17) is 5.11 Å². The number of carbonyl (C=O) groups excluding carboxylic acids is 1. The third-order valence-corrected chi connectivity index (χ3v) is 3.94. The molecule has 3 N–H and O–H groups in total.